The van der Waals surface area contributed by atoms with Crippen molar-refractivity contribution in [2.45, 2.75) is 33.2 Å². The average molecular weight is 370 g/mol. The van der Waals surface area contributed by atoms with Gasteiger partial charge < -0.3 is 4.74 Å². The lowest BCUT2D eigenvalue weighted by Gasteiger charge is -2.12. The fourth-order valence-electron chi connectivity index (χ4n) is 2.90. The number of ketones is 1. The van der Waals surface area contributed by atoms with E-state index in [4.69, 9.17) is 9.72 Å². The zero-order valence-electron chi connectivity index (χ0n) is 15.2. The van der Waals surface area contributed by atoms with Crippen molar-refractivity contribution < 1.29 is 9.53 Å². The van der Waals surface area contributed by atoms with Crippen molar-refractivity contribution in [1.29, 1.82) is 0 Å². The summed E-state index contributed by atoms with van der Waals surface area (Å²) in [6.45, 7) is 4.40. The van der Waals surface area contributed by atoms with Crippen molar-refractivity contribution in [3.63, 3.8) is 0 Å². The second kappa shape index (κ2) is 7.93. The molecule has 136 valence electrons. The maximum absolute atomic E-state index is 13.2. The number of benzene rings is 1. The molecule has 26 heavy (non-hydrogen) atoms. The van der Waals surface area contributed by atoms with Gasteiger partial charge in [0.2, 0.25) is 0 Å². The van der Waals surface area contributed by atoms with Crippen molar-refractivity contribution in [2.24, 2.45) is 0 Å². The Morgan fingerprint density at radius 2 is 2.00 bits per heavy atom. The Hall–Kier alpha value is -2.31. The van der Waals surface area contributed by atoms with E-state index in [2.05, 4.69) is 0 Å². The summed E-state index contributed by atoms with van der Waals surface area (Å²) in [5.41, 5.74) is 2.99. The third kappa shape index (κ3) is 3.76. The van der Waals surface area contributed by atoms with Gasteiger partial charge in [0.15, 0.2) is 0 Å². The quantitative estimate of drug-likeness (QED) is 0.637. The normalized spacial score (nSPS) is 11.2. The van der Waals surface area contributed by atoms with Crippen molar-refractivity contribution in [3.05, 3.63) is 51.4 Å². The van der Waals surface area contributed by atoms with E-state index >= 15 is 0 Å². The second-order valence-electron chi connectivity index (χ2n) is 6.38. The van der Waals surface area contributed by atoms with Crippen LogP contribution in [-0.4, -0.2) is 29.1 Å². The van der Waals surface area contributed by atoms with Gasteiger partial charge in [-0.25, -0.2) is 4.98 Å². The van der Waals surface area contributed by atoms with Crippen LogP contribution in [0.15, 0.2) is 34.4 Å². The molecule has 0 fully saturated rings. The zero-order chi connectivity index (χ0) is 18.7. The third-order valence-corrected chi connectivity index (χ3v) is 5.22. The molecule has 0 atom stereocenters. The number of nitrogens with zero attached hydrogens (tertiary/aromatic N) is 2. The summed E-state index contributed by atoms with van der Waals surface area (Å²) in [4.78, 5) is 30.1. The Morgan fingerprint density at radius 1 is 1.27 bits per heavy atom. The SMILES string of the molecule is COCCc1nc2scc(-c3ccc(C)cc3)c2c(=O)n1CCC(C)=O. The molecule has 0 unspecified atom stereocenters. The molecule has 0 bridgehead atoms. The highest BCUT2D eigenvalue weighted by atomic mass is 32.1. The van der Waals surface area contributed by atoms with Crippen LogP contribution in [0.1, 0.15) is 24.7 Å². The molecule has 0 aliphatic carbocycles. The number of rotatable bonds is 7. The molecule has 0 aliphatic heterocycles. The maximum Gasteiger partial charge on any atom is 0.262 e. The van der Waals surface area contributed by atoms with E-state index in [0.29, 0.717) is 37.2 Å². The van der Waals surface area contributed by atoms with Crippen LogP contribution in [0.25, 0.3) is 21.3 Å². The van der Waals surface area contributed by atoms with Crippen LogP contribution >= 0.6 is 11.3 Å². The lowest BCUT2D eigenvalue weighted by molar-refractivity contribution is -0.117. The van der Waals surface area contributed by atoms with Gasteiger partial charge in [0.1, 0.15) is 16.4 Å². The molecule has 2 heterocycles. The topological polar surface area (TPSA) is 61.2 Å². The maximum atomic E-state index is 13.2. The van der Waals surface area contributed by atoms with Gasteiger partial charge in [-0.05, 0) is 19.4 Å². The van der Waals surface area contributed by atoms with Crippen LogP contribution in [0.5, 0.6) is 0 Å². The molecule has 0 amide bonds. The predicted molar refractivity (Wildman–Crippen MR) is 105 cm³/mol. The van der Waals surface area contributed by atoms with E-state index in [1.54, 1.807) is 11.7 Å². The van der Waals surface area contributed by atoms with Gasteiger partial charge in [-0.15, -0.1) is 11.3 Å². The lowest BCUT2D eigenvalue weighted by atomic mass is 10.0. The van der Waals surface area contributed by atoms with Gasteiger partial charge in [-0.2, -0.15) is 0 Å². The number of ether oxygens (including phenoxy) is 1. The minimum absolute atomic E-state index is 0.0544. The first-order valence-electron chi connectivity index (χ1n) is 8.57. The van der Waals surface area contributed by atoms with Gasteiger partial charge in [-0.1, -0.05) is 29.8 Å². The molecular formula is C20H22N2O3S. The third-order valence-electron chi connectivity index (χ3n) is 4.35. The predicted octanol–water partition coefficient (Wildman–Crippen LogP) is 3.60. The number of hydrogen-bond donors (Lipinski definition) is 0. The van der Waals surface area contributed by atoms with Crippen LogP contribution < -0.4 is 5.56 Å². The minimum Gasteiger partial charge on any atom is -0.384 e. The van der Waals surface area contributed by atoms with Crippen LogP contribution in [-0.2, 0) is 22.5 Å². The van der Waals surface area contributed by atoms with Crippen LogP contribution in [0, 0.1) is 6.92 Å². The van der Waals surface area contributed by atoms with Crippen LogP contribution in [0.4, 0.5) is 0 Å². The molecule has 0 N–H and O–H groups in total. The number of aromatic nitrogens is 2. The van der Waals surface area contributed by atoms with Gasteiger partial charge in [-0.3, -0.25) is 14.2 Å². The summed E-state index contributed by atoms with van der Waals surface area (Å²) in [5.74, 6) is 0.724. The molecule has 5 nitrogen and oxygen atoms in total. The van der Waals surface area contributed by atoms with Crippen molar-refractivity contribution >= 4 is 27.3 Å². The molecule has 3 rings (SSSR count). The zero-order valence-corrected chi connectivity index (χ0v) is 16.1. The molecule has 0 saturated carbocycles. The minimum atomic E-state index is -0.0841. The number of carbonyl (C=O) groups is 1. The summed E-state index contributed by atoms with van der Waals surface area (Å²) in [7, 11) is 1.62. The van der Waals surface area contributed by atoms with Crippen LogP contribution in [0.2, 0.25) is 0 Å². The van der Waals surface area contributed by atoms with Gasteiger partial charge in [0.05, 0.1) is 12.0 Å². The van der Waals surface area contributed by atoms with E-state index in [9.17, 15) is 9.59 Å². The first-order valence-corrected chi connectivity index (χ1v) is 9.45. The fourth-order valence-corrected chi connectivity index (χ4v) is 3.85. The number of Topliss-reactive ketones (excluding diaryl/α,β-unsaturated/α-hetero) is 1. The Balaban J connectivity index is 2.16. The van der Waals surface area contributed by atoms with Gasteiger partial charge in [0, 0.05) is 37.4 Å². The first kappa shape index (κ1) is 18.5. The average Bonchev–Trinajstić information content (AvgIpc) is 3.04. The first-order chi connectivity index (χ1) is 12.5. The number of hydrogen-bond acceptors (Lipinski definition) is 5. The molecule has 0 saturated heterocycles. The molecule has 6 heteroatoms. The van der Waals surface area contributed by atoms with Crippen molar-refractivity contribution in [3.8, 4) is 11.1 Å². The highest BCUT2D eigenvalue weighted by Gasteiger charge is 2.17. The number of methoxy groups -OCH3 is 1. The standard InChI is InChI=1S/C20H22N2O3S/c1-13-4-6-15(7-5-13)16-12-26-19-18(16)20(24)22(10-8-14(2)23)17(21-19)9-11-25-3/h4-7,12H,8-11H2,1-3H3. The van der Waals surface area contributed by atoms with E-state index in [0.717, 1.165) is 16.0 Å². The molecule has 0 spiro atoms. The number of aryl methyl sites for hydroxylation is 1. The van der Waals surface area contributed by atoms with Crippen molar-refractivity contribution in [2.75, 3.05) is 13.7 Å². The number of fused-ring (bicyclic) bond motifs is 1. The molecule has 1 aromatic carbocycles. The summed E-state index contributed by atoms with van der Waals surface area (Å²) >= 11 is 1.48. The second-order valence-corrected chi connectivity index (χ2v) is 7.23. The highest BCUT2D eigenvalue weighted by Crippen LogP contribution is 2.31. The summed E-state index contributed by atoms with van der Waals surface area (Å²) < 4.78 is 6.78. The number of carbonyl (C=O) groups excluding carboxylic acids is 1. The lowest BCUT2D eigenvalue weighted by Crippen LogP contribution is -2.26. The Morgan fingerprint density at radius 3 is 2.65 bits per heavy atom. The van der Waals surface area contributed by atoms with E-state index in [1.165, 1.54) is 23.8 Å². The molecular weight excluding hydrogens is 348 g/mol. The molecule has 0 aliphatic rings. The molecule has 3 aromatic rings. The Labute approximate surface area is 156 Å². The molecule has 2 aromatic heterocycles. The van der Waals surface area contributed by atoms with Gasteiger partial charge in [0.25, 0.3) is 5.56 Å². The highest BCUT2D eigenvalue weighted by molar-refractivity contribution is 7.17. The number of thiophene rings is 1. The Kier molecular flexibility index (Phi) is 5.64. The fraction of sp³-hybridized carbons (Fsp3) is 0.350. The molecule has 0 radical (unpaired) electrons. The van der Waals surface area contributed by atoms with E-state index in [-0.39, 0.29) is 11.3 Å². The van der Waals surface area contributed by atoms with Crippen molar-refractivity contribution in [1.82, 2.24) is 9.55 Å². The summed E-state index contributed by atoms with van der Waals surface area (Å²) in [5, 5.41) is 2.61. The smallest absolute Gasteiger partial charge is 0.262 e. The van der Waals surface area contributed by atoms with E-state index < -0.39 is 0 Å². The summed E-state index contributed by atoms with van der Waals surface area (Å²) in [6.07, 6.45) is 0.856. The largest absolute Gasteiger partial charge is 0.384 e. The summed E-state index contributed by atoms with van der Waals surface area (Å²) in [6, 6.07) is 8.12. The van der Waals surface area contributed by atoms with Crippen LogP contribution in [0.3, 0.4) is 0 Å². The Bertz CT molecular complexity index is 987. The van der Waals surface area contributed by atoms with Gasteiger partial charge >= 0.3 is 0 Å². The monoisotopic (exact) mass is 370 g/mol. The van der Waals surface area contributed by atoms with E-state index in [1.807, 2.05) is 36.6 Å².